The number of methoxy groups -OCH3 is 1. The predicted molar refractivity (Wildman–Crippen MR) is 113 cm³/mol. The van der Waals surface area contributed by atoms with E-state index in [0.717, 1.165) is 24.8 Å². The number of hydrogen-bond donors (Lipinski definition) is 2. The van der Waals surface area contributed by atoms with E-state index in [0.29, 0.717) is 29.2 Å². The Bertz CT molecular complexity index is 893. The van der Waals surface area contributed by atoms with Crippen molar-refractivity contribution in [2.24, 2.45) is 0 Å². The van der Waals surface area contributed by atoms with E-state index in [1.54, 1.807) is 36.4 Å². The molecule has 0 spiro atoms. The average molecular weight is 413 g/mol. The molecule has 0 saturated carbocycles. The van der Waals surface area contributed by atoms with Gasteiger partial charge in [0.05, 0.1) is 12.7 Å². The van der Waals surface area contributed by atoms with Gasteiger partial charge in [-0.3, -0.25) is 14.4 Å². The number of hydrogen-bond acceptors (Lipinski definition) is 5. The Morgan fingerprint density at radius 3 is 2.57 bits per heavy atom. The SMILES string of the molecule is CCCCCC(=O)c1ccc(OCc2cccc(NC(=O)CC(=O)O)c2)cc1OC. The van der Waals surface area contributed by atoms with Crippen molar-refractivity contribution in [2.45, 2.75) is 45.6 Å². The Kier molecular flexibility index (Phi) is 8.87. The Morgan fingerprint density at radius 2 is 1.87 bits per heavy atom. The summed E-state index contributed by atoms with van der Waals surface area (Å²) in [5, 5.41) is 11.2. The molecule has 7 nitrogen and oxygen atoms in total. The molecule has 2 rings (SSSR count). The summed E-state index contributed by atoms with van der Waals surface area (Å²) in [4.78, 5) is 34.6. The van der Waals surface area contributed by atoms with Crippen LogP contribution in [0, 0.1) is 0 Å². The van der Waals surface area contributed by atoms with Crippen LogP contribution in [0.3, 0.4) is 0 Å². The van der Waals surface area contributed by atoms with Crippen LogP contribution in [0.25, 0.3) is 0 Å². The van der Waals surface area contributed by atoms with Crippen LogP contribution in [0.1, 0.15) is 54.9 Å². The number of anilines is 1. The fourth-order valence-corrected chi connectivity index (χ4v) is 2.91. The summed E-state index contributed by atoms with van der Waals surface area (Å²) in [6.07, 6.45) is 2.83. The lowest BCUT2D eigenvalue weighted by atomic mass is 10.0. The maximum atomic E-state index is 12.4. The number of rotatable bonds is 12. The smallest absolute Gasteiger partial charge is 0.312 e. The minimum atomic E-state index is -1.19. The highest BCUT2D eigenvalue weighted by Gasteiger charge is 2.13. The van der Waals surface area contributed by atoms with Crippen LogP contribution in [-0.4, -0.2) is 29.9 Å². The first-order valence-corrected chi connectivity index (χ1v) is 9.87. The van der Waals surface area contributed by atoms with E-state index in [1.165, 1.54) is 7.11 Å². The third-order valence-electron chi connectivity index (χ3n) is 4.41. The van der Waals surface area contributed by atoms with E-state index < -0.39 is 18.3 Å². The van der Waals surface area contributed by atoms with Crippen molar-refractivity contribution in [3.8, 4) is 11.5 Å². The van der Waals surface area contributed by atoms with Gasteiger partial charge in [0.1, 0.15) is 24.5 Å². The zero-order valence-corrected chi connectivity index (χ0v) is 17.3. The molecule has 0 aliphatic heterocycles. The Labute approximate surface area is 176 Å². The van der Waals surface area contributed by atoms with Crippen LogP contribution in [0.2, 0.25) is 0 Å². The van der Waals surface area contributed by atoms with Crippen LogP contribution in [0.4, 0.5) is 5.69 Å². The number of ether oxygens (including phenoxy) is 2. The number of nitrogens with one attached hydrogen (secondary N) is 1. The number of benzene rings is 2. The normalized spacial score (nSPS) is 10.3. The number of amides is 1. The first kappa shape index (κ1) is 22.9. The summed E-state index contributed by atoms with van der Waals surface area (Å²) in [7, 11) is 1.52. The van der Waals surface area contributed by atoms with Crippen LogP contribution in [-0.2, 0) is 16.2 Å². The fourth-order valence-electron chi connectivity index (χ4n) is 2.91. The molecular weight excluding hydrogens is 386 g/mol. The lowest BCUT2D eigenvalue weighted by molar-refractivity contribution is -0.139. The van der Waals surface area contributed by atoms with E-state index in [-0.39, 0.29) is 12.4 Å². The summed E-state index contributed by atoms with van der Waals surface area (Å²) in [5.74, 6) is -0.699. The third-order valence-corrected chi connectivity index (χ3v) is 4.41. The van der Waals surface area contributed by atoms with Gasteiger partial charge in [-0.2, -0.15) is 0 Å². The van der Waals surface area contributed by atoms with E-state index in [2.05, 4.69) is 12.2 Å². The zero-order chi connectivity index (χ0) is 21.9. The molecule has 0 saturated heterocycles. The minimum Gasteiger partial charge on any atom is -0.496 e. The molecule has 7 heteroatoms. The van der Waals surface area contributed by atoms with Crippen molar-refractivity contribution in [3.05, 3.63) is 53.6 Å². The van der Waals surface area contributed by atoms with Crippen molar-refractivity contribution in [3.63, 3.8) is 0 Å². The summed E-state index contributed by atoms with van der Waals surface area (Å²) in [5.41, 5.74) is 1.83. The number of ketones is 1. The summed E-state index contributed by atoms with van der Waals surface area (Å²) in [6, 6.07) is 12.1. The highest BCUT2D eigenvalue weighted by atomic mass is 16.5. The first-order valence-electron chi connectivity index (χ1n) is 9.87. The molecule has 0 heterocycles. The number of aliphatic carboxylic acids is 1. The van der Waals surface area contributed by atoms with Gasteiger partial charge in [-0.1, -0.05) is 31.9 Å². The van der Waals surface area contributed by atoms with Crippen molar-refractivity contribution in [1.82, 2.24) is 0 Å². The van der Waals surface area contributed by atoms with Gasteiger partial charge in [0.25, 0.3) is 0 Å². The molecule has 1 amide bonds. The van der Waals surface area contributed by atoms with Crippen LogP contribution in [0.15, 0.2) is 42.5 Å². The van der Waals surface area contributed by atoms with E-state index >= 15 is 0 Å². The van der Waals surface area contributed by atoms with Gasteiger partial charge in [0, 0.05) is 18.2 Å². The van der Waals surface area contributed by atoms with E-state index in [4.69, 9.17) is 14.6 Å². The molecule has 0 atom stereocenters. The number of unbranched alkanes of at least 4 members (excludes halogenated alkanes) is 2. The van der Waals surface area contributed by atoms with Gasteiger partial charge >= 0.3 is 5.97 Å². The highest BCUT2D eigenvalue weighted by Crippen LogP contribution is 2.27. The van der Waals surface area contributed by atoms with Gasteiger partial charge < -0.3 is 19.9 Å². The molecule has 0 aliphatic rings. The van der Waals surface area contributed by atoms with E-state index in [1.807, 2.05) is 6.07 Å². The molecule has 0 fully saturated rings. The third kappa shape index (κ3) is 7.24. The number of Topliss-reactive ketones (excluding diaryl/α,β-unsaturated/α-hetero) is 1. The van der Waals surface area contributed by atoms with Crippen LogP contribution < -0.4 is 14.8 Å². The average Bonchev–Trinajstić information content (AvgIpc) is 2.71. The van der Waals surface area contributed by atoms with Crippen molar-refractivity contribution >= 4 is 23.3 Å². The highest BCUT2D eigenvalue weighted by molar-refractivity contribution is 6.01. The molecular formula is C23H27NO6. The molecule has 0 aromatic heterocycles. The Morgan fingerprint density at radius 1 is 1.07 bits per heavy atom. The van der Waals surface area contributed by atoms with Gasteiger partial charge in [0.15, 0.2) is 5.78 Å². The fraction of sp³-hybridized carbons (Fsp3) is 0.348. The van der Waals surface area contributed by atoms with Crippen molar-refractivity contribution in [2.75, 3.05) is 12.4 Å². The minimum absolute atomic E-state index is 0.0525. The Hall–Kier alpha value is -3.35. The number of carbonyl (C=O) groups is 3. The van der Waals surface area contributed by atoms with Gasteiger partial charge in [-0.05, 0) is 36.2 Å². The number of carbonyl (C=O) groups excluding carboxylic acids is 2. The number of carboxylic acid groups (broad SMARTS) is 1. The van der Waals surface area contributed by atoms with Crippen molar-refractivity contribution < 1.29 is 29.0 Å². The first-order chi connectivity index (χ1) is 14.4. The molecule has 0 bridgehead atoms. The summed E-state index contributed by atoms with van der Waals surface area (Å²) >= 11 is 0. The maximum absolute atomic E-state index is 12.4. The monoisotopic (exact) mass is 413 g/mol. The standard InChI is InChI=1S/C23H27NO6/c1-3-4-5-9-20(25)19-11-10-18(13-21(19)29-2)30-15-16-7-6-8-17(12-16)24-22(26)14-23(27)28/h6-8,10-13H,3-5,9,14-15H2,1-2H3,(H,24,26)(H,27,28). The molecule has 30 heavy (non-hydrogen) atoms. The second-order valence-corrected chi connectivity index (χ2v) is 6.85. The largest absolute Gasteiger partial charge is 0.496 e. The lowest BCUT2D eigenvalue weighted by Gasteiger charge is -2.12. The maximum Gasteiger partial charge on any atom is 0.312 e. The quantitative estimate of drug-likeness (QED) is 0.303. The van der Waals surface area contributed by atoms with E-state index in [9.17, 15) is 14.4 Å². The van der Waals surface area contributed by atoms with Gasteiger partial charge in [-0.15, -0.1) is 0 Å². The second-order valence-electron chi connectivity index (χ2n) is 6.85. The van der Waals surface area contributed by atoms with Crippen LogP contribution >= 0.6 is 0 Å². The summed E-state index contributed by atoms with van der Waals surface area (Å²) in [6.45, 7) is 2.33. The topological polar surface area (TPSA) is 102 Å². The molecule has 0 aliphatic carbocycles. The zero-order valence-electron chi connectivity index (χ0n) is 17.3. The van der Waals surface area contributed by atoms with Crippen molar-refractivity contribution in [1.29, 1.82) is 0 Å². The van der Waals surface area contributed by atoms with Gasteiger partial charge in [0.2, 0.25) is 5.91 Å². The van der Waals surface area contributed by atoms with Gasteiger partial charge in [-0.25, -0.2) is 0 Å². The lowest BCUT2D eigenvalue weighted by Crippen LogP contribution is -2.16. The number of carboxylic acids is 1. The second kappa shape index (κ2) is 11.6. The molecule has 0 unspecified atom stereocenters. The molecule has 2 N–H and O–H groups in total. The summed E-state index contributed by atoms with van der Waals surface area (Å²) < 4.78 is 11.2. The molecule has 0 radical (unpaired) electrons. The predicted octanol–water partition coefficient (Wildman–Crippen LogP) is 4.45. The Balaban J connectivity index is 2.00. The molecule has 2 aromatic carbocycles. The van der Waals surface area contributed by atoms with Crippen LogP contribution in [0.5, 0.6) is 11.5 Å². The molecule has 2 aromatic rings. The molecule has 160 valence electrons.